The number of rotatable bonds is 7. The van der Waals surface area contributed by atoms with Crippen LogP contribution in [0.15, 0.2) is 30.3 Å². The molecule has 1 aromatic heterocycles. The van der Waals surface area contributed by atoms with Gasteiger partial charge in [-0.1, -0.05) is 41.7 Å². The fourth-order valence-corrected chi connectivity index (χ4v) is 2.74. The molecule has 0 bridgehead atoms. The Bertz CT molecular complexity index is 762. The third kappa shape index (κ3) is 5.93. The highest BCUT2D eigenvalue weighted by molar-refractivity contribution is 7.73. The maximum atomic E-state index is 12.1. The Hall–Kier alpha value is -2.30. The molecule has 0 fully saturated rings. The van der Waals surface area contributed by atoms with Crippen molar-refractivity contribution in [3.05, 3.63) is 39.8 Å². The van der Waals surface area contributed by atoms with Gasteiger partial charge in [0.2, 0.25) is 5.13 Å². The predicted molar refractivity (Wildman–Crippen MR) is 96.0 cm³/mol. The maximum absolute atomic E-state index is 12.1. The molecule has 2 amide bonds. The second-order valence-corrected chi connectivity index (χ2v) is 6.69. The standard InChI is InChI=1S/C15H18N4O4S2/c1-9(23-8-10-6-4-3-5-7-10)11(12(20)22-2)16-13(21)17-14-18-19-15(24)25-14/h3-7,9,11H,8H2,1-2H3,(H,19,24)(H2,16,17,18,21)/t9-,11+/m1/s1. The summed E-state index contributed by atoms with van der Waals surface area (Å²) in [5, 5.41) is 11.7. The minimum absolute atomic E-state index is 0.295. The Morgan fingerprint density at radius 1 is 1.36 bits per heavy atom. The predicted octanol–water partition coefficient (Wildman–Crippen LogP) is 2.47. The molecule has 0 radical (unpaired) electrons. The molecule has 0 saturated heterocycles. The summed E-state index contributed by atoms with van der Waals surface area (Å²) in [6, 6.07) is 7.93. The number of hydrogen-bond donors (Lipinski definition) is 3. The van der Waals surface area contributed by atoms with E-state index < -0.39 is 24.1 Å². The monoisotopic (exact) mass is 382 g/mol. The summed E-state index contributed by atoms with van der Waals surface area (Å²) in [5.74, 6) is -0.606. The van der Waals surface area contributed by atoms with Crippen molar-refractivity contribution in [1.29, 1.82) is 0 Å². The highest BCUT2D eigenvalue weighted by atomic mass is 32.1. The van der Waals surface area contributed by atoms with Crippen molar-refractivity contribution in [2.75, 3.05) is 12.4 Å². The van der Waals surface area contributed by atoms with Crippen LogP contribution in [-0.2, 0) is 20.9 Å². The summed E-state index contributed by atoms with van der Waals surface area (Å²) < 4.78 is 10.9. The van der Waals surface area contributed by atoms with Crippen LogP contribution < -0.4 is 10.6 Å². The second-order valence-electron chi connectivity index (χ2n) is 5.02. The molecule has 10 heteroatoms. The number of anilines is 1. The van der Waals surface area contributed by atoms with E-state index in [0.717, 1.165) is 16.9 Å². The lowest BCUT2D eigenvalue weighted by Gasteiger charge is -2.23. The van der Waals surface area contributed by atoms with Crippen LogP contribution in [0.4, 0.5) is 9.93 Å². The lowest BCUT2D eigenvalue weighted by Crippen LogP contribution is -2.50. The van der Waals surface area contributed by atoms with E-state index in [1.54, 1.807) is 6.92 Å². The molecule has 3 N–H and O–H groups in total. The molecular weight excluding hydrogens is 364 g/mol. The SMILES string of the molecule is COC(=O)[C@@H](NC(=O)Nc1n[nH]c(=S)s1)[C@@H](C)OCc1ccccc1. The van der Waals surface area contributed by atoms with Gasteiger partial charge in [0.05, 0.1) is 19.8 Å². The zero-order chi connectivity index (χ0) is 18.2. The van der Waals surface area contributed by atoms with E-state index in [0.29, 0.717) is 15.7 Å². The Morgan fingerprint density at radius 3 is 2.68 bits per heavy atom. The highest BCUT2D eigenvalue weighted by Crippen LogP contribution is 2.11. The molecular formula is C15H18N4O4S2. The smallest absolute Gasteiger partial charge is 0.331 e. The van der Waals surface area contributed by atoms with Gasteiger partial charge in [-0.2, -0.15) is 0 Å². The fourth-order valence-electron chi connectivity index (χ4n) is 1.95. The van der Waals surface area contributed by atoms with Crippen LogP contribution in [0.3, 0.4) is 0 Å². The molecule has 1 aromatic carbocycles. The van der Waals surface area contributed by atoms with Gasteiger partial charge in [-0.3, -0.25) is 10.4 Å². The molecule has 0 aliphatic rings. The van der Waals surface area contributed by atoms with Crippen molar-refractivity contribution in [2.24, 2.45) is 0 Å². The molecule has 0 spiro atoms. The molecule has 2 aromatic rings. The number of benzene rings is 1. The quantitative estimate of drug-likeness (QED) is 0.502. The van der Waals surface area contributed by atoms with Gasteiger partial charge in [0.1, 0.15) is 0 Å². The third-order valence-electron chi connectivity index (χ3n) is 3.23. The van der Waals surface area contributed by atoms with Gasteiger partial charge in [0, 0.05) is 0 Å². The number of ether oxygens (including phenoxy) is 2. The van der Waals surface area contributed by atoms with E-state index in [9.17, 15) is 9.59 Å². The summed E-state index contributed by atoms with van der Waals surface area (Å²) >= 11 is 5.99. The lowest BCUT2D eigenvalue weighted by molar-refractivity contribution is -0.147. The number of aromatic amines is 1. The minimum Gasteiger partial charge on any atom is -0.467 e. The number of amides is 2. The minimum atomic E-state index is -0.972. The van der Waals surface area contributed by atoms with Crippen LogP contribution in [-0.4, -0.2) is 41.5 Å². The number of carbonyl (C=O) groups excluding carboxylic acids is 2. The number of esters is 1. The van der Waals surface area contributed by atoms with Gasteiger partial charge < -0.3 is 14.8 Å². The number of carbonyl (C=O) groups is 2. The van der Waals surface area contributed by atoms with Gasteiger partial charge >= 0.3 is 12.0 Å². The molecule has 0 unspecified atom stereocenters. The largest absolute Gasteiger partial charge is 0.467 e. The number of H-pyrrole nitrogens is 1. The Labute approximate surface area is 153 Å². The normalized spacial score (nSPS) is 12.9. The van der Waals surface area contributed by atoms with E-state index >= 15 is 0 Å². The number of nitrogens with one attached hydrogen (secondary N) is 3. The third-order valence-corrected chi connectivity index (χ3v) is 4.23. The Kier molecular flexibility index (Phi) is 7.04. The topological polar surface area (TPSA) is 105 Å². The zero-order valence-electron chi connectivity index (χ0n) is 13.6. The first-order valence-corrected chi connectivity index (χ1v) is 8.58. The number of hydrogen-bond acceptors (Lipinski definition) is 7. The Balaban J connectivity index is 1.95. The van der Waals surface area contributed by atoms with Gasteiger partial charge in [-0.15, -0.1) is 5.10 Å². The number of nitrogens with zero attached hydrogens (tertiary/aromatic N) is 1. The molecule has 134 valence electrons. The summed E-state index contributed by atoms with van der Waals surface area (Å²) in [6.07, 6.45) is -0.601. The van der Waals surface area contributed by atoms with Crippen LogP contribution in [0.2, 0.25) is 0 Å². The van der Waals surface area contributed by atoms with Crippen molar-refractivity contribution >= 4 is 40.7 Å². The number of methoxy groups -OCH3 is 1. The second kappa shape index (κ2) is 9.25. The molecule has 2 rings (SSSR count). The first kappa shape index (κ1) is 19.0. The average Bonchev–Trinajstić information content (AvgIpc) is 3.02. The first-order valence-electron chi connectivity index (χ1n) is 7.36. The summed E-state index contributed by atoms with van der Waals surface area (Å²) in [5.41, 5.74) is 0.957. The van der Waals surface area contributed by atoms with Crippen molar-refractivity contribution in [2.45, 2.75) is 25.7 Å². The number of aromatic nitrogens is 2. The van der Waals surface area contributed by atoms with Crippen molar-refractivity contribution in [1.82, 2.24) is 15.5 Å². The summed E-state index contributed by atoms with van der Waals surface area (Å²) in [7, 11) is 1.25. The van der Waals surface area contributed by atoms with Crippen LogP contribution in [0.25, 0.3) is 0 Å². The summed E-state index contributed by atoms with van der Waals surface area (Å²) in [6.45, 7) is 1.99. The van der Waals surface area contributed by atoms with Crippen LogP contribution in [0.5, 0.6) is 0 Å². The van der Waals surface area contributed by atoms with E-state index in [4.69, 9.17) is 21.7 Å². The van der Waals surface area contributed by atoms with Crippen molar-refractivity contribution in [3.8, 4) is 0 Å². The first-order chi connectivity index (χ1) is 12.0. The molecule has 0 aliphatic heterocycles. The van der Waals surface area contributed by atoms with Gasteiger partial charge in [-0.05, 0) is 24.7 Å². The lowest BCUT2D eigenvalue weighted by atomic mass is 10.2. The molecule has 0 aliphatic carbocycles. The number of urea groups is 1. The zero-order valence-corrected chi connectivity index (χ0v) is 15.3. The van der Waals surface area contributed by atoms with E-state index in [2.05, 4.69) is 20.8 Å². The van der Waals surface area contributed by atoms with Crippen molar-refractivity contribution in [3.63, 3.8) is 0 Å². The van der Waals surface area contributed by atoms with Crippen LogP contribution in [0, 0.1) is 3.95 Å². The van der Waals surface area contributed by atoms with Gasteiger partial charge in [0.25, 0.3) is 0 Å². The molecule has 1 heterocycles. The highest BCUT2D eigenvalue weighted by Gasteiger charge is 2.29. The Morgan fingerprint density at radius 2 is 2.08 bits per heavy atom. The molecule has 2 atom stereocenters. The van der Waals surface area contributed by atoms with Gasteiger partial charge in [-0.25, -0.2) is 9.59 Å². The van der Waals surface area contributed by atoms with E-state index in [1.165, 1.54) is 7.11 Å². The van der Waals surface area contributed by atoms with Crippen LogP contribution >= 0.6 is 23.6 Å². The van der Waals surface area contributed by atoms with E-state index in [-0.39, 0.29) is 0 Å². The fraction of sp³-hybridized carbons (Fsp3) is 0.333. The van der Waals surface area contributed by atoms with Gasteiger partial charge in [0.15, 0.2) is 10.00 Å². The van der Waals surface area contributed by atoms with E-state index in [1.807, 2.05) is 30.3 Å². The maximum Gasteiger partial charge on any atom is 0.331 e. The average molecular weight is 382 g/mol. The molecule has 25 heavy (non-hydrogen) atoms. The molecule has 8 nitrogen and oxygen atoms in total. The molecule has 0 saturated carbocycles. The van der Waals surface area contributed by atoms with Crippen molar-refractivity contribution < 1.29 is 19.1 Å². The summed E-state index contributed by atoms with van der Waals surface area (Å²) in [4.78, 5) is 24.0. The van der Waals surface area contributed by atoms with Crippen LogP contribution in [0.1, 0.15) is 12.5 Å².